The minimum Gasteiger partial charge on any atom is -1.00 e. The van der Waals surface area contributed by atoms with Gasteiger partial charge in [0.05, 0.1) is 0 Å². The fourth-order valence-corrected chi connectivity index (χ4v) is 4.08. The van der Waals surface area contributed by atoms with Crippen LogP contribution in [-0.4, -0.2) is 17.8 Å². The van der Waals surface area contributed by atoms with E-state index >= 15 is 0 Å². The fourth-order valence-electron chi connectivity index (χ4n) is 3.13. The molecule has 0 aliphatic carbocycles. The maximum atomic E-state index is 10.4. The summed E-state index contributed by atoms with van der Waals surface area (Å²) in [4.78, 5) is 2.24. The van der Waals surface area contributed by atoms with E-state index in [-0.39, 0.29) is 19.0 Å². The normalized spacial score (nSPS) is 11.4. The summed E-state index contributed by atoms with van der Waals surface area (Å²) in [5.74, 6) is 0.740. The maximum Gasteiger partial charge on any atom is 0.177 e. The molecule has 1 N–H and O–H groups in total. The quantitative estimate of drug-likeness (QED) is 0.391. The molecule has 164 valence electrons. The highest BCUT2D eigenvalue weighted by atomic mass is 35.5. The molecular weight excluding hydrogens is 461 g/mol. The van der Waals surface area contributed by atoms with Crippen LogP contribution >= 0.6 is 23.4 Å². The van der Waals surface area contributed by atoms with E-state index in [2.05, 4.69) is 24.3 Å². The lowest BCUT2D eigenvalue weighted by molar-refractivity contribution is -0.703. The molecule has 0 saturated carbocycles. The second-order valence-electron chi connectivity index (χ2n) is 7.14. The van der Waals surface area contributed by atoms with Crippen LogP contribution in [0.5, 0.6) is 5.75 Å². The highest BCUT2D eigenvalue weighted by Gasteiger charge is 2.12. The molecule has 0 saturated heterocycles. The predicted molar refractivity (Wildman–Crippen MR) is 126 cm³/mol. The monoisotopic (exact) mass is 483 g/mol. The average molecular weight is 484 g/mol. The number of pyridine rings is 1. The van der Waals surface area contributed by atoms with Crippen molar-refractivity contribution in [3.63, 3.8) is 0 Å². The first-order valence-electron chi connectivity index (χ1n) is 10.0. The molecule has 32 heavy (non-hydrogen) atoms. The summed E-state index contributed by atoms with van der Waals surface area (Å²) in [7, 11) is 0. The van der Waals surface area contributed by atoms with E-state index in [1.54, 1.807) is 11.8 Å². The van der Waals surface area contributed by atoms with Gasteiger partial charge in [-0.1, -0.05) is 53.7 Å². The lowest BCUT2D eigenvalue weighted by Crippen LogP contribution is -3.00. The van der Waals surface area contributed by atoms with Crippen molar-refractivity contribution in [3.8, 4) is 16.9 Å². The number of hydrogen-bond acceptors (Lipinski definition) is 3. The predicted octanol–water partition coefficient (Wildman–Crippen LogP) is 2.89. The number of aliphatic hydroxyl groups excluding tert-OH is 1. The number of rotatable bonds is 8. The van der Waals surface area contributed by atoms with E-state index in [0.29, 0.717) is 6.54 Å². The van der Waals surface area contributed by atoms with Crippen molar-refractivity contribution in [1.29, 1.82) is 0 Å². The molecule has 0 aliphatic heterocycles. The van der Waals surface area contributed by atoms with E-state index < -0.39 is 6.10 Å². The van der Waals surface area contributed by atoms with E-state index in [4.69, 9.17) is 16.3 Å². The van der Waals surface area contributed by atoms with Gasteiger partial charge in [0.25, 0.3) is 0 Å². The molecule has 0 bridgehead atoms. The van der Waals surface area contributed by atoms with Crippen LogP contribution in [0.15, 0.2) is 113 Å². The number of ether oxygens (including phenoxy) is 1. The Labute approximate surface area is 204 Å². The van der Waals surface area contributed by atoms with Crippen molar-refractivity contribution in [1.82, 2.24) is 0 Å². The zero-order chi connectivity index (χ0) is 21.5. The van der Waals surface area contributed by atoms with E-state index in [1.807, 2.05) is 83.7 Å². The zero-order valence-electron chi connectivity index (χ0n) is 17.3. The van der Waals surface area contributed by atoms with Crippen LogP contribution in [0.4, 0.5) is 0 Å². The number of aliphatic hydroxyl groups is 1. The van der Waals surface area contributed by atoms with Crippen molar-refractivity contribution in [2.24, 2.45) is 0 Å². The molecule has 1 heterocycles. The van der Waals surface area contributed by atoms with Gasteiger partial charge in [-0.15, -0.1) is 0 Å². The van der Waals surface area contributed by atoms with Gasteiger partial charge in [-0.2, -0.15) is 0 Å². The number of benzene rings is 3. The Balaban J connectivity index is 0.00000289. The second-order valence-corrected chi connectivity index (χ2v) is 8.73. The first kappa shape index (κ1) is 24.1. The maximum absolute atomic E-state index is 10.4. The van der Waals surface area contributed by atoms with Gasteiger partial charge < -0.3 is 22.3 Å². The Morgan fingerprint density at radius 3 is 1.97 bits per heavy atom. The fraction of sp³-hybridized carbons (Fsp3) is 0.115. The van der Waals surface area contributed by atoms with Crippen molar-refractivity contribution in [3.05, 3.63) is 108 Å². The molecule has 0 amide bonds. The van der Waals surface area contributed by atoms with E-state index in [9.17, 15) is 5.11 Å². The molecule has 0 spiro atoms. The molecule has 3 aromatic carbocycles. The first-order valence-corrected chi connectivity index (χ1v) is 11.2. The summed E-state index contributed by atoms with van der Waals surface area (Å²) in [6, 6.07) is 30.0. The van der Waals surface area contributed by atoms with Gasteiger partial charge in [0.1, 0.15) is 18.5 Å². The van der Waals surface area contributed by atoms with E-state index in [1.165, 1.54) is 5.56 Å². The van der Waals surface area contributed by atoms with Crippen LogP contribution in [0.3, 0.4) is 0 Å². The number of halogens is 2. The molecule has 1 atom stereocenters. The summed E-state index contributed by atoms with van der Waals surface area (Å²) < 4.78 is 7.73. The van der Waals surface area contributed by atoms with Gasteiger partial charge in [-0.3, -0.25) is 0 Å². The molecule has 6 heteroatoms. The number of nitrogens with zero attached hydrogens (tertiary/aromatic N) is 1. The summed E-state index contributed by atoms with van der Waals surface area (Å²) >= 11 is 7.60. The van der Waals surface area contributed by atoms with Crippen LogP contribution < -0.4 is 21.7 Å². The standard InChI is InChI=1S/C26H23ClNO2S.ClH/c27-22-6-10-25(11-7-22)31-26-12-8-24(9-13-26)30-19-23(29)18-28-16-14-21(15-17-28)20-4-2-1-3-5-20;/h1-17,23,29H,18-19H2;1H/q+1;/p-1. The molecule has 4 aromatic rings. The van der Waals surface area contributed by atoms with E-state index in [0.717, 1.165) is 26.1 Å². The van der Waals surface area contributed by atoms with Crippen LogP contribution in [0.2, 0.25) is 5.02 Å². The van der Waals surface area contributed by atoms with Crippen LogP contribution in [0, 0.1) is 0 Å². The molecule has 4 rings (SSSR count). The summed E-state index contributed by atoms with van der Waals surface area (Å²) in [6.07, 6.45) is 3.36. The Bertz CT molecular complexity index is 1090. The summed E-state index contributed by atoms with van der Waals surface area (Å²) in [5.41, 5.74) is 2.33. The Kier molecular flexibility index (Phi) is 9.00. The summed E-state index contributed by atoms with van der Waals surface area (Å²) in [5, 5.41) is 11.1. The van der Waals surface area contributed by atoms with Gasteiger partial charge >= 0.3 is 0 Å². The minimum absolute atomic E-state index is 0. The van der Waals surface area contributed by atoms with Gasteiger partial charge in [0.2, 0.25) is 0 Å². The topological polar surface area (TPSA) is 33.3 Å². The number of hydrogen-bond donors (Lipinski definition) is 1. The second kappa shape index (κ2) is 11.9. The zero-order valence-corrected chi connectivity index (χ0v) is 19.6. The SMILES string of the molecule is OC(COc1ccc(Sc2ccc(Cl)cc2)cc1)C[n+]1ccc(-c2ccccc2)cc1.[Cl-]. The molecule has 1 aromatic heterocycles. The van der Waals surface area contributed by atoms with Gasteiger partial charge in [0.15, 0.2) is 18.9 Å². The highest BCUT2D eigenvalue weighted by Crippen LogP contribution is 2.29. The highest BCUT2D eigenvalue weighted by molar-refractivity contribution is 7.99. The van der Waals surface area contributed by atoms with Crippen LogP contribution in [-0.2, 0) is 6.54 Å². The Morgan fingerprint density at radius 2 is 1.34 bits per heavy atom. The molecular formula is C26H23Cl2NO2S. The van der Waals surface area contributed by atoms with Gasteiger partial charge in [0, 0.05) is 26.9 Å². The molecule has 0 fully saturated rings. The van der Waals surface area contributed by atoms with Crippen molar-refractivity contribution < 1.29 is 26.8 Å². The third-order valence-electron chi connectivity index (χ3n) is 4.74. The van der Waals surface area contributed by atoms with Gasteiger partial charge in [-0.05, 0) is 59.7 Å². The first-order chi connectivity index (χ1) is 15.2. The van der Waals surface area contributed by atoms with Crippen molar-refractivity contribution >= 4 is 23.4 Å². The number of aromatic nitrogens is 1. The lowest BCUT2D eigenvalue weighted by atomic mass is 10.1. The van der Waals surface area contributed by atoms with Crippen molar-refractivity contribution in [2.45, 2.75) is 22.4 Å². The minimum atomic E-state index is -0.601. The Hall–Kier alpha value is -2.50. The third-order valence-corrected chi connectivity index (χ3v) is 6.00. The molecule has 0 aliphatic rings. The molecule has 1 unspecified atom stereocenters. The largest absolute Gasteiger partial charge is 1.00 e. The van der Waals surface area contributed by atoms with Gasteiger partial charge in [-0.25, -0.2) is 4.57 Å². The third kappa shape index (κ3) is 7.01. The Morgan fingerprint density at radius 1 is 0.781 bits per heavy atom. The molecule has 0 radical (unpaired) electrons. The van der Waals surface area contributed by atoms with Crippen LogP contribution in [0.1, 0.15) is 0 Å². The summed E-state index contributed by atoms with van der Waals surface area (Å²) in [6.45, 7) is 0.705. The average Bonchev–Trinajstić information content (AvgIpc) is 2.81. The smallest absolute Gasteiger partial charge is 0.177 e. The lowest BCUT2D eigenvalue weighted by Gasteiger charge is -2.11. The molecule has 3 nitrogen and oxygen atoms in total. The van der Waals surface area contributed by atoms with Crippen molar-refractivity contribution in [2.75, 3.05) is 6.61 Å². The van der Waals surface area contributed by atoms with Crippen LogP contribution in [0.25, 0.3) is 11.1 Å².